The van der Waals surface area contributed by atoms with E-state index in [9.17, 15) is 9.59 Å². The molecule has 2 radical (unpaired) electrons. The van der Waals surface area contributed by atoms with Gasteiger partial charge in [0, 0.05) is 12.4 Å². The van der Waals surface area contributed by atoms with Gasteiger partial charge in [-0.15, -0.1) is 0 Å². The molecule has 0 bridgehead atoms. The summed E-state index contributed by atoms with van der Waals surface area (Å²) in [5, 5.41) is 0. The third kappa shape index (κ3) is 4.48. The van der Waals surface area contributed by atoms with Gasteiger partial charge in [-0.25, -0.2) is 9.59 Å². The van der Waals surface area contributed by atoms with Gasteiger partial charge < -0.3 is 14.2 Å². The largest absolute Gasteiger partial charge is 0.459 e. The van der Waals surface area contributed by atoms with Gasteiger partial charge >= 0.3 is 11.9 Å². The third-order valence-electron chi connectivity index (χ3n) is 3.88. The average molecular weight is 336 g/mol. The molecule has 1 unspecified atom stereocenters. The molecule has 2 aromatic rings. The molecule has 0 aliphatic carbocycles. The van der Waals surface area contributed by atoms with Crippen LogP contribution in [0.4, 0.5) is 0 Å². The number of hydrogen-bond acceptors (Lipinski definition) is 5. The van der Waals surface area contributed by atoms with Gasteiger partial charge in [0.2, 0.25) is 0 Å². The molecular weight excluding hydrogens is 319 g/mol. The SMILES string of the molecule is [B][C@H]1CC(OC(=O)c2ccccc2)[C@@H](COC(=O)c2ccccc2)O1. The van der Waals surface area contributed by atoms with Crippen LogP contribution in [-0.4, -0.2) is 44.6 Å². The zero-order chi connectivity index (χ0) is 17.6. The monoisotopic (exact) mass is 336 g/mol. The van der Waals surface area contributed by atoms with E-state index in [0.717, 1.165) is 0 Å². The quantitative estimate of drug-likeness (QED) is 0.620. The van der Waals surface area contributed by atoms with Gasteiger partial charge in [0.25, 0.3) is 0 Å². The Morgan fingerprint density at radius 1 is 0.960 bits per heavy atom. The van der Waals surface area contributed by atoms with Crippen molar-refractivity contribution in [3.05, 3.63) is 71.8 Å². The number of carbonyl (C=O) groups is 2. The zero-order valence-corrected chi connectivity index (χ0v) is 13.5. The van der Waals surface area contributed by atoms with E-state index in [1.807, 2.05) is 12.1 Å². The van der Waals surface area contributed by atoms with E-state index in [2.05, 4.69) is 0 Å². The average Bonchev–Trinajstić information content (AvgIpc) is 3.00. The van der Waals surface area contributed by atoms with Crippen LogP contribution in [0.3, 0.4) is 0 Å². The van der Waals surface area contributed by atoms with E-state index in [1.54, 1.807) is 48.5 Å². The first-order chi connectivity index (χ1) is 12.1. The molecule has 0 saturated carbocycles. The lowest BCUT2D eigenvalue weighted by Gasteiger charge is -2.19. The van der Waals surface area contributed by atoms with Gasteiger partial charge in [0.15, 0.2) is 0 Å². The van der Waals surface area contributed by atoms with Crippen LogP contribution in [-0.2, 0) is 14.2 Å². The summed E-state index contributed by atoms with van der Waals surface area (Å²) < 4.78 is 16.3. The van der Waals surface area contributed by atoms with Gasteiger partial charge in [-0.3, -0.25) is 0 Å². The van der Waals surface area contributed by atoms with Crippen LogP contribution in [0.2, 0.25) is 0 Å². The van der Waals surface area contributed by atoms with Crippen LogP contribution in [0.5, 0.6) is 0 Å². The van der Waals surface area contributed by atoms with E-state index in [1.165, 1.54) is 0 Å². The molecule has 1 heterocycles. The summed E-state index contributed by atoms with van der Waals surface area (Å²) in [5.74, 6) is -0.916. The number of benzene rings is 2. The van der Waals surface area contributed by atoms with Crippen LogP contribution in [0.1, 0.15) is 27.1 Å². The minimum atomic E-state index is -0.588. The highest BCUT2D eigenvalue weighted by molar-refractivity contribution is 6.11. The van der Waals surface area contributed by atoms with Gasteiger partial charge in [0.1, 0.15) is 26.7 Å². The molecule has 3 atom stereocenters. The second-order valence-corrected chi connectivity index (χ2v) is 5.72. The van der Waals surface area contributed by atoms with Gasteiger partial charge in [-0.05, 0) is 24.3 Å². The standard InChI is InChI=1S/C19H17BO5/c20-17-11-15(25-19(22)14-9-5-2-6-10-14)16(24-17)12-23-18(21)13-7-3-1-4-8-13/h1-10,15-17H,11-12H2/t15?,16-,17-/m1/s1. The fourth-order valence-corrected chi connectivity index (χ4v) is 2.61. The molecule has 2 aromatic carbocycles. The number of ether oxygens (including phenoxy) is 3. The minimum Gasteiger partial charge on any atom is -0.459 e. The molecule has 25 heavy (non-hydrogen) atoms. The Kier molecular flexibility index (Phi) is 5.51. The van der Waals surface area contributed by atoms with Gasteiger partial charge in [-0.1, -0.05) is 36.4 Å². The predicted octanol–water partition coefficient (Wildman–Crippen LogP) is 2.35. The van der Waals surface area contributed by atoms with Crippen molar-refractivity contribution in [3.63, 3.8) is 0 Å². The summed E-state index contributed by atoms with van der Waals surface area (Å²) in [4.78, 5) is 24.2. The predicted molar refractivity (Wildman–Crippen MR) is 91.4 cm³/mol. The fraction of sp³-hybridized carbons (Fsp3) is 0.263. The lowest BCUT2D eigenvalue weighted by molar-refractivity contribution is -0.0323. The lowest BCUT2D eigenvalue weighted by atomic mass is 9.96. The van der Waals surface area contributed by atoms with Crippen molar-refractivity contribution in [3.8, 4) is 0 Å². The normalized spacial score (nSPS) is 22.3. The summed E-state index contributed by atoms with van der Waals surface area (Å²) in [5.41, 5.74) is 0.894. The number of carbonyl (C=O) groups excluding carboxylic acids is 2. The van der Waals surface area contributed by atoms with E-state index in [0.29, 0.717) is 17.5 Å². The topological polar surface area (TPSA) is 61.8 Å². The lowest BCUT2D eigenvalue weighted by Crippen LogP contribution is -2.32. The van der Waals surface area contributed by atoms with Crippen molar-refractivity contribution in [1.29, 1.82) is 0 Å². The molecule has 1 aliphatic rings. The Morgan fingerprint density at radius 2 is 1.52 bits per heavy atom. The maximum Gasteiger partial charge on any atom is 0.338 e. The van der Waals surface area contributed by atoms with E-state index in [4.69, 9.17) is 22.1 Å². The van der Waals surface area contributed by atoms with Gasteiger partial charge in [-0.2, -0.15) is 0 Å². The minimum absolute atomic E-state index is 0.0336. The fourth-order valence-electron chi connectivity index (χ4n) is 2.61. The van der Waals surface area contributed by atoms with E-state index < -0.39 is 30.1 Å². The van der Waals surface area contributed by atoms with Crippen molar-refractivity contribution < 1.29 is 23.8 Å². The van der Waals surface area contributed by atoms with E-state index in [-0.39, 0.29) is 6.61 Å². The van der Waals surface area contributed by atoms with Crippen LogP contribution < -0.4 is 0 Å². The van der Waals surface area contributed by atoms with Gasteiger partial charge in [0.05, 0.1) is 11.1 Å². The van der Waals surface area contributed by atoms with Crippen LogP contribution in [0.15, 0.2) is 60.7 Å². The third-order valence-corrected chi connectivity index (χ3v) is 3.88. The Labute approximate surface area is 147 Å². The molecule has 3 rings (SSSR count). The maximum absolute atomic E-state index is 12.2. The first kappa shape index (κ1) is 17.2. The first-order valence-electron chi connectivity index (χ1n) is 8.03. The number of rotatable bonds is 5. The Hall–Kier alpha value is -2.60. The summed E-state index contributed by atoms with van der Waals surface area (Å²) in [6.07, 6.45) is -0.798. The number of esters is 2. The number of hydrogen-bond donors (Lipinski definition) is 0. The maximum atomic E-state index is 12.2. The smallest absolute Gasteiger partial charge is 0.338 e. The molecule has 0 N–H and O–H groups in total. The first-order valence-corrected chi connectivity index (χ1v) is 8.03. The molecular formula is C19H17BO5. The van der Waals surface area contributed by atoms with Crippen LogP contribution in [0.25, 0.3) is 0 Å². The Balaban J connectivity index is 1.58. The second-order valence-electron chi connectivity index (χ2n) is 5.72. The van der Waals surface area contributed by atoms with Crippen LogP contribution >= 0.6 is 0 Å². The molecule has 1 aliphatic heterocycles. The Morgan fingerprint density at radius 3 is 2.12 bits per heavy atom. The second kappa shape index (κ2) is 7.99. The molecule has 1 saturated heterocycles. The molecule has 5 nitrogen and oxygen atoms in total. The molecule has 0 amide bonds. The highest BCUT2D eigenvalue weighted by Gasteiger charge is 2.36. The van der Waals surface area contributed by atoms with Crippen molar-refractivity contribution in [2.75, 3.05) is 6.61 Å². The summed E-state index contributed by atoms with van der Waals surface area (Å²) in [7, 11) is 5.79. The summed E-state index contributed by atoms with van der Waals surface area (Å²) >= 11 is 0. The highest BCUT2D eigenvalue weighted by atomic mass is 16.6. The highest BCUT2D eigenvalue weighted by Crippen LogP contribution is 2.23. The molecule has 126 valence electrons. The molecule has 6 heteroatoms. The van der Waals surface area contributed by atoms with Crippen molar-refractivity contribution >= 4 is 19.8 Å². The van der Waals surface area contributed by atoms with Crippen molar-refractivity contribution in [2.24, 2.45) is 0 Å². The Bertz CT molecular complexity index is 719. The zero-order valence-electron chi connectivity index (χ0n) is 13.5. The summed E-state index contributed by atoms with van der Waals surface area (Å²) in [6.45, 7) is -0.0336. The summed E-state index contributed by atoms with van der Waals surface area (Å²) in [6, 6.07) is 16.8. The van der Waals surface area contributed by atoms with E-state index >= 15 is 0 Å². The molecule has 0 spiro atoms. The molecule has 0 aromatic heterocycles. The van der Waals surface area contributed by atoms with Crippen molar-refractivity contribution in [2.45, 2.75) is 24.6 Å². The molecule has 1 fully saturated rings. The van der Waals surface area contributed by atoms with Crippen molar-refractivity contribution in [1.82, 2.24) is 0 Å². The van der Waals surface area contributed by atoms with Crippen LogP contribution in [0, 0.1) is 0 Å².